The van der Waals surface area contributed by atoms with E-state index >= 15 is 0 Å². The van der Waals surface area contributed by atoms with Gasteiger partial charge in [-0.3, -0.25) is 9.48 Å². The normalized spacial score (nSPS) is 27.0. The van der Waals surface area contributed by atoms with Gasteiger partial charge in [-0.1, -0.05) is 18.6 Å². The van der Waals surface area contributed by atoms with Crippen molar-refractivity contribution in [3.05, 3.63) is 35.2 Å². The first-order valence-corrected chi connectivity index (χ1v) is 12.1. The first-order chi connectivity index (χ1) is 15.6. The van der Waals surface area contributed by atoms with Crippen LogP contribution in [0.4, 0.5) is 17.5 Å². The van der Waals surface area contributed by atoms with E-state index in [0.29, 0.717) is 11.8 Å². The van der Waals surface area contributed by atoms with Gasteiger partial charge in [0.25, 0.3) is 0 Å². The lowest BCUT2D eigenvalue weighted by molar-refractivity contribution is -0.122. The summed E-state index contributed by atoms with van der Waals surface area (Å²) in [4.78, 5) is 23.5. The fraction of sp³-hybridized carbons (Fsp3) is 0.545. The molecule has 0 unspecified atom stereocenters. The summed E-state index contributed by atoms with van der Waals surface area (Å²) < 4.78 is 2.70. The molecule has 170 valence electrons. The van der Waals surface area contributed by atoms with E-state index in [9.17, 15) is 4.79 Å². The number of fused-ring (bicyclic) bond motifs is 2. The van der Waals surface area contributed by atoms with Gasteiger partial charge in [-0.05, 0) is 60.1 Å². The molecule has 9 nitrogen and oxygen atoms in total. The third-order valence-electron chi connectivity index (χ3n) is 6.82. The molecule has 0 radical (unpaired) electrons. The summed E-state index contributed by atoms with van der Waals surface area (Å²) >= 11 is 3.53. The number of carbonyl (C=O) groups is 1. The predicted octanol–water partition coefficient (Wildman–Crippen LogP) is 2.75. The molecule has 3 aliphatic rings. The molecule has 1 amide bonds. The molecule has 2 bridgehead atoms. The first-order valence-electron chi connectivity index (χ1n) is 11.4. The Morgan fingerprint density at radius 2 is 1.97 bits per heavy atom. The standard InChI is InChI=1S/C22H29BrN8O/c23-17-12-25-22(27-16-11-26-31(13-16)9-8-30-6-2-1-3-7-30)29-21(17)28-19-15-5-4-14(10-15)18(19)20(24)32/h4-5,11-15,18-19H,1-3,6-10H2,(H2,24,32)(H2,25,27,28,29)/t14-,15+,18+,19-/m0/s1. The molecular weight excluding hydrogens is 472 g/mol. The monoisotopic (exact) mass is 500 g/mol. The van der Waals surface area contributed by atoms with Gasteiger partial charge in [0.2, 0.25) is 11.9 Å². The molecule has 4 N–H and O–H groups in total. The Kier molecular flexibility index (Phi) is 6.14. The molecule has 2 aromatic rings. The minimum atomic E-state index is -0.264. The zero-order valence-corrected chi connectivity index (χ0v) is 19.5. The van der Waals surface area contributed by atoms with Crippen LogP contribution in [0.1, 0.15) is 25.7 Å². The first kappa shape index (κ1) is 21.4. The number of aromatic nitrogens is 4. The average molecular weight is 501 g/mol. The van der Waals surface area contributed by atoms with E-state index in [0.717, 1.165) is 29.7 Å². The van der Waals surface area contributed by atoms with Gasteiger partial charge in [-0.25, -0.2) is 4.98 Å². The Morgan fingerprint density at radius 3 is 2.78 bits per heavy atom. The lowest BCUT2D eigenvalue weighted by Gasteiger charge is -2.27. The van der Waals surface area contributed by atoms with Crippen LogP contribution in [-0.4, -0.2) is 56.2 Å². The summed E-state index contributed by atoms with van der Waals surface area (Å²) in [5, 5.41) is 11.1. The maximum absolute atomic E-state index is 12.0. The third-order valence-corrected chi connectivity index (χ3v) is 7.40. The number of carbonyl (C=O) groups excluding carboxylic acids is 1. The molecular formula is C22H29BrN8O. The van der Waals surface area contributed by atoms with Crippen LogP contribution >= 0.6 is 15.9 Å². The van der Waals surface area contributed by atoms with Crippen LogP contribution in [-0.2, 0) is 11.3 Å². The van der Waals surface area contributed by atoms with Crippen LogP contribution < -0.4 is 16.4 Å². The van der Waals surface area contributed by atoms with Gasteiger partial charge in [0.1, 0.15) is 5.82 Å². The number of halogens is 1. The van der Waals surface area contributed by atoms with Crippen LogP contribution in [0.5, 0.6) is 0 Å². The van der Waals surface area contributed by atoms with Crippen molar-refractivity contribution in [2.75, 3.05) is 30.3 Å². The maximum Gasteiger partial charge on any atom is 0.229 e. The van der Waals surface area contributed by atoms with Crippen molar-refractivity contribution in [3.8, 4) is 0 Å². The number of nitrogens with one attached hydrogen (secondary N) is 2. The largest absolute Gasteiger partial charge is 0.369 e. The summed E-state index contributed by atoms with van der Waals surface area (Å²) in [6.45, 7) is 4.25. The lowest BCUT2D eigenvalue weighted by Crippen LogP contribution is -2.41. The van der Waals surface area contributed by atoms with E-state index in [1.807, 2.05) is 10.9 Å². The molecule has 5 rings (SSSR count). The predicted molar refractivity (Wildman–Crippen MR) is 126 cm³/mol. The Bertz CT molecular complexity index is 1000. The molecule has 1 saturated carbocycles. The highest BCUT2D eigenvalue weighted by Gasteiger charge is 2.47. The van der Waals surface area contributed by atoms with Gasteiger partial charge in [-0.15, -0.1) is 0 Å². The zero-order valence-electron chi connectivity index (χ0n) is 18.0. The molecule has 1 aliphatic heterocycles. The van der Waals surface area contributed by atoms with E-state index in [2.05, 4.69) is 58.7 Å². The molecule has 10 heteroatoms. The van der Waals surface area contributed by atoms with Crippen molar-refractivity contribution < 1.29 is 4.79 Å². The van der Waals surface area contributed by atoms with Crippen LogP contribution in [0.15, 0.2) is 35.2 Å². The highest BCUT2D eigenvalue weighted by Crippen LogP contribution is 2.45. The number of anilines is 3. The molecule has 0 aromatic carbocycles. The number of hydrogen-bond donors (Lipinski definition) is 3. The number of likely N-dealkylation sites (tertiary alicyclic amines) is 1. The van der Waals surface area contributed by atoms with Gasteiger partial charge >= 0.3 is 0 Å². The van der Waals surface area contributed by atoms with Gasteiger partial charge in [0, 0.05) is 25.0 Å². The number of nitrogens with zero attached hydrogens (tertiary/aromatic N) is 5. The summed E-state index contributed by atoms with van der Waals surface area (Å²) in [6, 6.07) is -0.0564. The van der Waals surface area contributed by atoms with Crippen molar-refractivity contribution in [1.82, 2.24) is 24.6 Å². The quantitative estimate of drug-likeness (QED) is 0.477. The van der Waals surface area contributed by atoms with Crippen LogP contribution in [0.25, 0.3) is 0 Å². The Hall–Kier alpha value is -2.46. The highest BCUT2D eigenvalue weighted by molar-refractivity contribution is 9.10. The number of primary amides is 1. The van der Waals surface area contributed by atoms with E-state index in [4.69, 9.17) is 5.73 Å². The van der Waals surface area contributed by atoms with E-state index in [1.165, 1.54) is 32.4 Å². The Labute approximate surface area is 196 Å². The molecule has 4 atom stereocenters. The molecule has 32 heavy (non-hydrogen) atoms. The minimum absolute atomic E-state index is 0.0564. The van der Waals surface area contributed by atoms with Crippen LogP contribution in [0.3, 0.4) is 0 Å². The van der Waals surface area contributed by atoms with Crippen LogP contribution in [0.2, 0.25) is 0 Å². The number of rotatable bonds is 8. The summed E-state index contributed by atoms with van der Waals surface area (Å²) in [5.74, 6) is 1.14. The molecule has 3 heterocycles. The molecule has 2 aromatic heterocycles. The average Bonchev–Trinajstić information content (AvgIpc) is 3.52. The third kappa shape index (κ3) is 4.52. The Morgan fingerprint density at radius 1 is 1.16 bits per heavy atom. The minimum Gasteiger partial charge on any atom is -0.369 e. The van der Waals surface area contributed by atoms with Gasteiger partial charge in [-0.2, -0.15) is 10.1 Å². The van der Waals surface area contributed by atoms with Crippen molar-refractivity contribution in [1.29, 1.82) is 0 Å². The van der Waals surface area contributed by atoms with Crippen molar-refractivity contribution in [3.63, 3.8) is 0 Å². The summed E-state index contributed by atoms with van der Waals surface area (Å²) in [7, 11) is 0. The zero-order chi connectivity index (χ0) is 22.1. The lowest BCUT2D eigenvalue weighted by atomic mass is 9.88. The Balaban J connectivity index is 1.23. The fourth-order valence-electron chi connectivity index (χ4n) is 5.20. The van der Waals surface area contributed by atoms with Gasteiger partial charge in [0.05, 0.1) is 28.8 Å². The summed E-state index contributed by atoms with van der Waals surface area (Å²) in [6.07, 6.45) is 14.7. The number of piperidine rings is 1. The number of hydrogen-bond acceptors (Lipinski definition) is 7. The molecule has 2 fully saturated rings. The fourth-order valence-corrected chi connectivity index (χ4v) is 5.51. The van der Waals surface area contributed by atoms with E-state index in [1.54, 1.807) is 12.4 Å². The molecule has 1 saturated heterocycles. The van der Waals surface area contributed by atoms with Crippen molar-refractivity contribution in [2.45, 2.75) is 38.3 Å². The number of nitrogens with two attached hydrogens (primary N) is 1. The topological polar surface area (TPSA) is 114 Å². The van der Waals surface area contributed by atoms with Crippen LogP contribution in [0, 0.1) is 17.8 Å². The second-order valence-electron chi connectivity index (χ2n) is 8.96. The van der Waals surface area contributed by atoms with Crippen molar-refractivity contribution >= 4 is 39.3 Å². The maximum atomic E-state index is 12.0. The smallest absolute Gasteiger partial charge is 0.229 e. The van der Waals surface area contributed by atoms with Gasteiger partial charge < -0.3 is 21.3 Å². The highest BCUT2D eigenvalue weighted by atomic mass is 79.9. The number of amides is 1. The van der Waals surface area contributed by atoms with Crippen molar-refractivity contribution in [2.24, 2.45) is 23.5 Å². The molecule has 0 spiro atoms. The second kappa shape index (κ2) is 9.19. The van der Waals surface area contributed by atoms with E-state index in [-0.39, 0.29) is 29.7 Å². The van der Waals surface area contributed by atoms with E-state index < -0.39 is 0 Å². The molecule has 2 aliphatic carbocycles. The summed E-state index contributed by atoms with van der Waals surface area (Å²) in [5.41, 5.74) is 6.53. The second-order valence-corrected chi connectivity index (χ2v) is 9.81. The number of allylic oxidation sites excluding steroid dienone is 1. The SMILES string of the molecule is NC(=O)[C@H]1[C@@H](Nc2nc(Nc3cnn(CCN4CCCCC4)c3)ncc2Br)[C@@H]2C=C[C@H]1C2. The van der Waals surface area contributed by atoms with Gasteiger partial charge in [0.15, 0.2) is 0 Å².